The van der Waals surface area contributed by atoms with Crippen LogP contribution in [0.5, 0.6) is 11.5 Å². The Hall–Kier alpha value is -3.28. The van der Waals surface area contributed by atoms with Crippen molar-refractivity contribution in [2.45, 2.75) is 19.9 Å². The molecular formula is C22H24N2O4. The fourth-order valence-electron chi connectivity index (χ4n) is 3.14. The second-order valence-corrected chi connectivity index (χ2v) is 6.56. The topological polar surface area (TPSA) is 69.6 Å². The van der Waals surface area contributed by atoms with Crippen molar-refractivity contribution in [3.05, 3.63) is 70.0 Å². The highest BCUT2D eigenvalue weighted by Gasteiger charge is 2.17. The minimum Gasteiger partial charge on any atom is -0.497 e. The van der Waals surface area contributed by atoms with E-state index in [0.29, 0.717) is 17.7 Å². The number of pyridine rings is 1. The van der Waals surface area contributed by atoms with Crippen molar-refractivity contribution in [1.82, 2.24) is 9.88 Å². The molecule has 0 radical (unpaired) electrons. The molecule has 3 aromatic rings. The predicted octanol–water partition coefficient (Wildman–Crippen LogP) is 3.44. The fourth-order valence-corrected chi connectivity index (χ4v) is 3.14. The van der Waals surface area contributed by atoms with Gasteiger partial charge in [0.25, 0.3) is 5.91 Å². The Labute approximate surface area is 163 Å². The van der Waals surface area contributed by atoms with Crippen LogP contribution in [0.25, 0.3) is 10.9 Å². The maximum Gasteiger partial charge on any atom is 0.257 e. The van der Waals surface area contributed by atoms with Crippen molar-refractivity contribution >= 4 is 16.8 Å². The van der Waals surface area contributed by atoms with Gasteiger partial charge in [0.05, 0.1) is 30.7 Å². The molecule has 2 aromatic carbocycles. The third-order valence-corrected chi connectivity index (χ3v) is 4.68. The number of amides is 1. The Morgan fingerprint density at radius 2 is 1.82 bits per heavy atom. The molecule has 0 spiro atoms. The first-order valence-electron chi connectivity index (χ1n) is 9.15. The number of fused-ring (bicyclic) bond motifs is 1. The first-order chi connectivity index (χ1) is 13.4. The average molecular weight is 380 g/mol. The van der Waals surface area contributed by atoms with Crippen LogP contribution < -0.4 is 20.2 Å². The van der Waals surface area contributed by atoms with E-state index in [0.717, 1.165) is 16.8 Å². The summed E-state index contributed by atoms with van der Waals surface area (Å²) in [5.74, 6) is 0.944. The van der Waals surface area contributed by atoms with Crippen LogP contribution >= 0.6 is 0 Å². The molecule has 0 saturated carbocycles. The maximum atomic E-state index is 12.9. The van der Waals surface area contributed by atoms with E-state index >= 15 is 0 Å². The van der Waals surface area contributed by atoms with E-state index in [-0.39, 0.29) is 17.0 Å². The minimum atomic E-state index is -0.410. The van der Waals surface area contributed by atoms with E-state index in [1.54, 1.807) is 23.9 Å². The second-order valence-electron chi connectivity index (χ2n) is 6.56. The Bertz CT molecular complexity index is 1050. The molecular weight excluding hydrogens is 356 g/mol. The van der Waals surface area contributed by atoms with Crippen molar-refractivity contribution in [3.8, 4) is 11.5 Å². The van der Waals surface area contributed by atoms with E-state index in [1.165, 1.54) is 0 Å². The Morgan fingerprint density at radius 3 is 2.46 bits per heavy atom. The first-order valence-corrected chi connectivity index (χ1v) is 9.15. The molecule has 0 bridgehead atoms. The summed E-state index contributed by atoms with van der Waals surface area (Å²) < 4.78 is 12.4. The molecule has 0 aliphatic heterocycles. The molecule has 3 rings (SSSR count). The molecule has 6 nitrogen and oxygen atoms in total. The molecule has 0 fully saturated rings. The highest BCUT2D eigenvalue weighted by molar-refractivity contribution is 5.97. The van der Waals surface area contributed by atoms with E-state index in [2.05, 4.69) is 5.32 Å². The van der Waals surface area contributed by atoms with Gasteiger partial charge in [0.2, 0.25) is 5.43 Å². The second kappa shape index (κ2) is 8.17. The summed E-state index contributed by atoms with van der Waals surface area (Å²) >= 11 is 0. The molecule has 1 amide bonds. The van der Waals surface area contributed by atoms with Gasteiger partial charge < -0.3 is 19.4 Å². The Balaban J connectivity index is 1.92. The van der Waals surface area contributed by atoms with Gasteiger partial charge in [0.15, 0.2) is 0 Å². The summed E-state index contributed by atoms with van der Waals surface area (Å²) in [6, 6.07) is 12.5. The van der Waals surface area contributed by atoms with Gasteiger partial charge in [-0.3, -0.25) is 9.59 Å². The van der Waals surface area contributed by atoms with Crippen LogP contribution in [-0.2, 0) is 7.05 Å². The minimum absolute atomic E-state index is 0.101. The lowest BCUT2D eigenvalue weighted by molar-refractivity contribution is 0.0938. The number of carbonyl (C=O) groups excluding carboxylic acids is 1. The maximum absolute atomic E-state index is 12.9. The Morgan fingerprint density at radius 1 is 1.14 bits per heavy atom. The Kier molecular flexibility index (Phi) is 5.68. The molecule has 1 N–H and O–H groups in total. The number of aryl methyl sites for hydroxylation is 1. The van der Waals surface area contributed by atoms with Gasteiger partial charge in [-0.05, 0) is 49.7 Å². The molecule has 0 aliphatic rings. The highest BCUT2D eigenvalue weighted by atomic mass is 16.5. The lowest BCUT2D eigenvalue weighted by Crippen LogP contribution is -2.31. The van der Waals surface area contributed by atoms with Crippen molar-refractivity contribution in [2.75, 3.05) is 13.7 Å². The standard InChI is InChI=1S/C22H24N2O4/c1-5-28-17-10-11-20-18(12-17)21(25)19(13-24(20)3)22(26)23-14(2)15-6-8-16(27-4)9-7-15/h6-14H,5H2,1-4H3,(H,23,26)/t14-/m1/s1. The van der Waals surface area contributed by atoms with Gasteiger partial charge >= 0.3 is 0 Å². The number of carbonyl (C=O) groups is 1. The molecule has 1 heterocycles. The lowest BCUT2D eigenvalue weighted by atomic mass is 10.1. The lowest BCUT2D eigenvalue weighted by Gasteiger charge is -2.16. The van der Waals surface area contributed by atoms with Crippen LogP contribution in [0.4, 0.5) is 0 Å². The van der Waals surface area contributed by atoms with Crippen LogP contribution in [0.15, 0.2) is 53.5 Å². The zero-order chi connectivity index (χ0) is 20.3. The number of nitrogens with one attached hydrogen (secondary N) is 1. The molecule has 1 aromatic heterocycles. The summed E-state index contributed by atoms with van der Waals surface area (Å²) in [4.78, 5) is 25.7. The third-order valence-electron chi connectivity index (χ3n) is 4.68. The average Bonchev–Trinajstić information content (AvgIpc) is 2.70. The third kappa shape index (κ3) is 3.86. The van der Waals surface area contributed by atoms with Crippen molar-refractivity contribution in [3.63, 3.8) is 0 Å². The smallest absolute Gasteiger partial charge is 0.257 e. The zero-order valence-corrected chi connectivity index (χ0v) is 16.5. The van der Waals surface area contributed by atoms with Crippen LogP contribution in [0.3, 0.4) is 0 Å². The predicted molar refractivity (Wildman–Crippen MR) is 109 cm³/mol. The summed E-state index contributed by atoms with van der Waals surface area (Å²) in [6.07, 6.45) is 1.57. The number of methoxy groups -OCH3 is 1. The number of hydrogen-bond donors (Lipinski definition) is 1. The molecule has 0 unspecified atom stereocenters. The van der Waals surface area contributed by atoms with E-state index < -0.39 is 5.91 Å². The monoisotopic (exact) mass is 380 g/mol. The molecule has 6 heteroatoms. The number of hydrogen-bond acceptors (Lipinski definition) is 4. The normalized spacial score (nSPS) is 11.9. The molecule has 0 saturated heterocycles. The summed E-state index contributed by atoms with van der Waals surface area (Å²) in [5, 5.41) is 3.35. The van der Waals surface area contributed by atoms with Gasteiger partial charge in [-0.15, -0.1) is 0 Å². The number of benzene rings is 2. The molecule has 28 heavy (non-hydrogen) atoms. The van der Waals surface area contributed by atoms with Crippen LogP contribution in [0.1, 0.15) is 35.8 Å². The van der Waals surface area contributed by atoms with E-state index in [1.807, 2.05) is 57.3 Å². The SMILES string of the molecule is CCOc1ccc2c(c1)c(=O)c(C(=O)N[C@H](C)c1ccc(OC)cc1)cn2C. The summed E-state index contributed by atoms with van der Waals surface area (Å²) in [6.45, 7) is 4.26. The van der Waals surface area contributed by atoms with E-state index in [4.69, 9.17) is 9.47 Å². The number of nitrogens with zero attached hydrogens (tertiary/aromatic N) is 1. The highest BCUT2D eigenvalue weighted by Crippen LogP contribution is 2.20. The van der Waals surface area contributed by atoms with Gasteiger partial charge in [-0.1, -0.05) is 12.1 Å². The van der Waals surface area contributed by atoms with Gasteiger partial charge in [-0.2, -0.15) is 0 Å². The quantitative estimate of drug-likeness (QED) is 0.711. The van der Waals surface area contributed by atoms with Gasteiger partial charge in [-0.25, -0.2) is 0 Å². The number of aromatic nitrogens is 1. The summed E-state index contributed by atoms with van der Waals surface area (Å²) in [7, 11) is 3.42. The largest absolute Gasteiger partial charge is 0.497 e. The van der Waals surface area contributed by atoms with Crippen LogP contribution in [-0.4, -0.2) is 24.2 Å². The van der Waals surface area contributed by atoms with Gasteiger partial charge in [0, 0.05) is 13.2 Å². The molecule has 146 valence electrons. The first kappa shape index (κ1) is 19.5. The van der Waals surface area contributed by atoms with Crippen molar-refractivity contribution in [2.24, 2.45) is 7.05 Å². The van der Waals surface area contributed by atoms with E-state index in [9.17, 15) is 9.59 Å². The van der Waals surface area contributed by atoms with Crippen LogP contribution in [0.2, 0.25) is 0 Å². The molecule has 1 atom stereocenters. The number of ether oxygens (including phenoxy) is 2. The number of rotatable bonds is 6. The van der Waals surface area contributed by atoms with Crippen molar-refractivity contribution in [1.29, 1.82) is 0 Å². The summed E-state index contributed by atoms with van der Waals surface area (Å²) in [5.41, 5.74) is 1.46. The van der Waals surface area contributed by atoms with Gasteiger partial charge in [0.1, 0.15) is 17.1 Å². The molecule has 0 aliphatic carbocycles. The van der Waals surface area contributed by atoms with Crippen molar-refractivity contribution < 1.29 is 14.3 Å². The van der Waals surface area contributed by atoms with Crippen LogP contribution in [0, 0.1) is 0 Å². The fraction of sp³-hybridized carbons (Fsp3) is 0.273. The zero-order valence-electron chi connectivity index (χ0n) is 16.5.